The van der Waals surface area contributed by atoms with Crippen LogP contribution < -0.4 is 20.5 Å². The molecule has 1 aliphatic carbocycles. The second-order valence-electron chi connectivity index (χ2n) is 7.10. The van der Waals surface area contributed by atoms with E-state index in [0.717, 1.165) is 31.4 Å². The molecule has 2 aromatic heterocycles. The number of carbonyl (C=O) groups excluding carboxylic acids is 1. The number of nitrogens with zero attached hydrogens (tertiary/aromatic N) is 3. The number of amides is 1. The third kappa shape index (κ3) is 3.16. The van der Waals surface area contributed by atoms with E-state index in [1.807, 2.05) is 19.9 Å². The first-order valence-corrected chi connectivity index (χ1v) is 8.72. The van der Waals surface area contributed by atoms with Gasteiger partial charge in [0.15, 0.2) is 0 Å². The predicted molar refractivity (Wildman–Crippen MR) is 92.2 cm³/mol. The highest BCUT2D eigenvalue weighted by molar-refractivity contribution is 5.91. The molecule has 3 atom stereocenters. The lowest BCUT2D eigenvalue weighted by atomic mass is 9.71. The Labute approximate surface area is 149 Å². The van der Waals surface area contributed by atoms with Crippen LogP contribution in [-0.2, 0) is 0 Å². The second-order valence-corrected chi connectivity index (χ2v) is 7.10. The van der Waals surface area contributed by atoms with Crippen molar-refractivity contribution in [1.82, 2.24) is 20.4 Å². The number of carbonyl (C=O) groups is 1. The SMILES string of the molecule is CC(C)Oc1cc(N2CC3CC(NC(=O)c4cc(=O)[nH]o4)C3C2)ncn1. The molecule has 0 aromatic carbocycles. The maximum atomic E-state index is 12.1. The first kappa shape index (κ1) is 16.6. The largest absolute Gasteiger partial charge is 0.475 e. The van der Waals surface area contributed by atoms with Gasteiger partial charge in [-0.1, -0.05) is 0 Å². The molecule has 9 heteroatoms. The molecule has 0 bridgehead atoms. The van der Waals surface area contributed by atoms with Crippen molar-refractivity contribution in [1.29, 1.82) is 0 Å². The van der Waals surface area contributed by atoms with Crippen molar-refractivity contribution >= 4 is 11.7 Å². The van der Waals surface area contributed by atoms with E-state index in [4.69, 9.17) is 9.26 Å². The molecule has 138 valence electrons. The first-order chi connectivity index (χ1) is 12.5. The molecule has 26 heavy (non-hydrogen) atoms. The van der Waals surface area contributed by atoms with Crippen LogP contribution in [0.25, 0.3) is 0 Å². The molecule has 2 aliphatic rings. The van der Waals surface area contributed by atoms with Gasteiger partial charge >= 0.3 is 0 Å². The van der Waals surface area contributed by atoms with Gasteiger partial charge in [0, 0.05) is 31.1 Å². The van der Waals surface area contributed by atoms with Crippen LogP contribution in [0.4, 0.5) is 5.82 Å². The van der Waals surface area contributed by atoms with E-state index in [9.17, 15) is 9.59 Å². The van der Waals surface area contributed by atoms with Crippen molar-refractivity contribution in [3.05, 3.63) is 34.6 Å². The van der Waals surface area contributed by atoms with E-state index in [2.05, 4.69) is 25.3 Å². The minimum atomic E-state index is -0.420. The summed E-state index contributed by atoms with van der Waals surface area (Å²) in [5.41, 5.74) is -0.420. The number of nitrogens with one attached hydrogen (secondary N) is 2. The lowest BCUT2D eigenvalue weighted by molar-refractivity contribution is 0.0796. The minimum Gasteiger partial charge on any atom is -0.475 e. The van der Waals surface area contributed by atoms with Crippen LogP contribution in [0.1, 0.15) is 30.8 Å². The van der Waals surface area contributed by atoms with Gasteiger partial charge < -0.3 is 19.5 Å². The Bertz CT molecular complexity index is 861. The maximum absolute atomic E-state index is 12.1. The molecule has 1 amide bonds. The van der Waals surface area contributed by atoms with Crippen LogP contribution in [-0.4, -0.2) is 46.3 Å². The summed E-state index contributed by atoms with van der Waals surface area (Å²) in [5.74, 6) is 1.93. The Hall–Kier alpha value is -2.84. The molecular formula is C17H21N5O4. The molecule has 2 aromatic rings. The molecule has 4 rings (SSSR count). The minimum absolute atomic E-state index is 0.0135. The van der Waals surface area contributed by atoms with Gasteiger partial charge in [0.05, 0.1) is 12.2 Å². The van der Waals surface area contributed by atoms with Crippen LogP contribution in [0, 0.1) is 11.8 Å². The number of hydrogen-bond donors (Lipinski definition) is 2. The monoisotopic (exact) mass is 359 g/mol. The normalized spacial score (nSPS) is 24.3. The smallest absolute Gasteiger partial charge is 0.290 e. The average molecular weight is 359 g/mol. The number of aromatic amines is 1. The molecule has 1 saturated carbocycles. The van der Waals surface area contributed by atoms with E-state index in [1.165, 1.54) is 6.33 Å². The Morgan fingerprint density at radius 1 is 1.38 bits per heavy atom. The van der Waals surface area contributed by atoms with Crippen molar-refractivity contribution in [3.63, 3.8) is 0 Å². The number of aromatic nitrogens is 3. The molecular weight excluding hydrogens is 338 g/mol. The zero-order valence-corrected chi connectivity index (χ0v) is 14.6. The van der Waals surface area contributed by atoms with Crippen LogP contribution in [0.2, 0.25) is 0 Å². The molecule has 0 radical (unpaired) electrons. The molecule has 1 aliphatic heterocycles. The van der Waals surface area contributed by atoms with E-state index in [1.54, 1.807) is 0 Å². The third-order valence-corrected chi connectivity index (χ3v) is 4.94. The molecule has 2 N–H and O–H groups in total. The number of ether oxygens (including phenoxy) is 1. The third-order valence-electron chi connectivity index (χ3n) is 4.94. The van der Waals surface area contributed by atoms with E-state index >= 15 is 0 Å². The topological polar surface area (TPSA) is 113 Å². The molecule has 3 unspecified atom stereocenters. The highest BCUT2D eigenvalue weighted by Crippen LogP contribution is 2.42. The van der Waals surface area contributed by atoms with Gasteiger partial charge in [-0.2, -0.15) is 5.16 Å². The maximum Gasteiger partial charge on any atom is 0.290 e. The van der Waals surface area contributed by atoms with Gasteiger partial charge in [0.1, 0.15) is 12.1 Å². The van der Waals surface area contributed by atoms with Crippen LogP contribution in [0.3, 0.4) is 0 Å². The number of H-pyrrole nitrogens is 1. The zero-order valence-electron chi connectivity index (χ0n) is 14.6. The second kappa shape index (κ2) is 6.47. The van der Waals surface area contributed by atoms with Gasteiger partial charge in [0.25, 0.3) is 11.5 Å². The number of rotatable bonds is 5. The Morgan fingerprint density at radius 3 is 2.96 bits per heavy atom. The van der Waals surface area contributed by atoms with Crippen LogP contribution in [0.5, 0.6) is 5.88 Å². The zero-order chi connectivity index (χ0) is 18.3. The van der Waals surface area contributed by atoms with Crippen molar-refractivity contribution in [2.24, 2.45) is 11.8 Å². The van der Waals surface area contributed by atoms with Gasteiger partial charge in [0.2, 0.25) is 11.6 Å². The summed E-state index contributed by atoms with van der Waals surface area (Å²) < 4.78 is 10.5. The lowest BCUT2D eigenvalue weighted by Gasteiger charge is -2.39. The summed E-state index contributed by atoms with van der Waals surface area (Å²) in [5, 5.41) is 5.08. The Kier molecular flexibility index (Phi) is 4.14. The lowest BCUT2D eigenvalue weighted by Crippen LogP contribution is -2.51. The van der Waals surface area contributed by atoms with Gasteiger partial charge in [-0.05, 0) is 26.2 Å². The molecule has 2 fully saturated rings. The predicted octanol–water partition coefficient (Wildman–Crippen LogP) is 0.800. The van der Waals surface area contributed by atoms with Crippen molar-refractivity contribution in [3.8, 4) is 5.88 Å². The Balaban J connectivity index is 1.38. The summed E-state index contributed by atoms with van der Waals surface area (Å²) in [6.07, 6.45) is 2.48. The summed E-state index contributed by atoms with van der Waals surface area (Å²) in [4.78, 5) is 33.9. The van der Waals surface area contributed by atoms with Crippen LogP contribution in [0.15, 0.2) is 27.8 Å². The van der Waals surface area contributed by atoms with Crippen molar-refractivity contribution in [2.75, 3.05) is 18.0 Å². The fourth-order valence-electron chi connectivity index (χ4n) is 3.70. The molecule has 0 spiro atoms. The molecule has 3 heterocycles. The quantitative estimate of drug-likeness (QED) is 0.812. The van der Waals surface area contributed by atoms with Crippen molar-refractivity contribution < 1.29 is 14.1 Å². The summed E-state index contributed by atoms with van der Waals surface area (Å²) in [6.45, 7) is 5.62. The molecule has 1 saturated heterocycles. The van der Waals surface area contributed by atoms with Crippen molar-refractivity contribution in [2.45, 2.75) is 32.4 Å². The fourth-order valence-corrected chi connectivity index (χ4v) is 3.70. The van der Waals surface area contributed by atoms with Gasteiger partial charge in [-0.3, -0.25) is 9.59 Å². The number of anilines is 1. The molecule has 9 nitrogen and oxygen atoms in total. The number of fused-ring (bicyclic) bond motifs is 1. The highest BCUT2D eigenvalue weighted by atomic mass is 16.5. The fraction of sp³-hybridized carbons (Fsp3) is 0.529. The van der Waals surface area contributed by atoms with Crippen LogP contribution >= 0.6 is 0 Å². The van der Waals surface area contributed by atoms with E-state index in [0.29, 0.717) is 17.7 Å². The van der Waals surface area contributed by atoms with Gasteiger partial charge in [-0.15, -0.1) is 0 Å². The van der Waals surface area contributed by atoms with Gasteiger partial charge in [-0.25, -0.2) is 9.97 Å². The summed E-state index contributed by atoms with van der Waals surface area (Å²) in [6, 6.07) is 3.09. The highest BCUT2D eigenvalue weighted by Gasteiger charge is 2.48. The summed E-state index contributed by atoms with van der Waals surface area (Å²) in [7, 11) is 0. The van der Waals surface area contributed by atoms with E-state index in [-0.39, 0.29) is 23.8 Å². The van der Waals surface area contributed by atoms with E-state index < -0.39 is 5.56 Å². The average Bonchev–Trinajstić information content (AvgIpc) is 3.16. The number of hydrogen-bond acceptors (Lipinski definition) is 7. The standard InChI is InChI=1S/C17H21N5O4/c1-9(2)25-16-5-14(18-8-19-16)22-6-10-3-12(11(10)7-22)20-17(24)13-4-15(23)21-26-13/h4-5,8-12H,3,6-7H2,1-2H3,(H,20,24)(H,21,23). The first-order valence-electron chi connectivity index (χ1n) is 8.72. The Morgan fingerprint density at radius 2 is 2.23 bits per heavy atom. The summed E-state index contributed by atoms with van der Waals surface area (Å²) >= 11 is 0.